The zero-order valence-electron chi connectivity index (χ0n) is 24.1. The molecule has 2 N–H and O–H groups in total. The largest absolute Gasteiger partial charge is 0.511 e. The summed E-state index contributed by atoms with van der Waals surface area (Å²) in [4.78, 5) is 22.9. The molecule has 0 aromatic heterocycles. The first-order chi connectivity index (χ1) is 20.9. The summed E-state index contributed by atoms with van der Waals surface area (Å²) in [5, 5.41) is 15.6. The van der Waals surface area contributed by atoms with Crippen molar-refractivity contribution in [1.82, 2.24) is 9.62 Å². The Morgan fingerprint density at radius 3 is 2.09 bits per heavy atom. The first-order valence-electron chi connectivity index (χ1n) is 15.2. The number of alkyl halides is 3. The van der Waals surface area contributed by atoms with E-state index in [1.807, 2.05) is 53.4 Å². The normalized spacial score (nSPS) is 30.3. The molecule has 0 radical (unpaired) electrons. The minimum absolute atomic E-state index is 0.0198. The van der Waals surface area contributed by atoms with Gasteiger partial charge in [-0.05, 0) is 86.3 Å². The van der Waals surface area contributed by atoms with E-state index in [1.165, 1.54) is 0 Å². The zero-order valence-corrected chi connectivity index (χ0v) is 24.9. The van der Waals surface area contributed by atoms with Crippen molar-refractivity contribution in [1.29, 1.82) is 0 Å². The molecule has 238 valence electrons. The lowest BCUT2D eigenvalue weighted by Crippen LogP contribution is -2.62. The number of halogens is 3. The van der Waals surface area contributed by atoms with Crippen LogP contribution in [0.25, 0.3) is 0 Å². The van der Waals surface area contributed by atoms with E-state index in [1.54, 1.807) is 5.06 Å². The van der Waals surface area contributed by atoms with Gasteiger partial charge < -0.3 is 25.1 Å². The van der Waals surface area contributed by atoms with Crippen molar-refractivity contribution in [3.63, 3.8) is 0 Å². The number of benzene rings is 2. The minimum Gasteiger partial charge on any atom is -0.390 e. The number of carbonyl (C=O) groups is 1. The molecule has 4 aliphatic carbocycles. The fourth-order valence-corrected chi connectivity index (χ4v) is 9.29. The van der Waals surface area contributed by atoms with E-state index >= 15 is 0 Å². The van der Waals surface area contributed by atoms with Crippen LogP contribution in [0, 0.1) is 17.8 Å². The van der Waals surface area contributed by atoms with E-state index in [-0.39, 0.29) is 44.1 Å². The molecule has 4 saturated carbocycles. The molecule has 4 bridgehead atoms. The van der Waals surface area contributed by atoms with Gasteiger partial charge in [-0.15, -0.1) is 0 Å². The quantitative estimate of drug-likeness (QED) is 0.504. The maximum absolute atomic E-state index is 13.1. The van der Waals surface area contributed by atoms with Gasteiger partial charge in [0.05, 0.1) is 23.5 Å². The highest BCUT2D eigenvalue weighted by molar-refractivity contribution is 7.90. The second-order valence-corrected chi connectivity index (χ2v) is 14.8. The van der Waals surface area contributed by atoms with Crippen LogP contribution in [-0.4, -0.2) is 80.3 Å². The summed E-state index contributed by atoms with van der Waals surface area (Å²) in [7, 11) is -5.33. The Morgan fingerprint density at radius 2 is 1.48 bits per heavy atom. The van der Waals surface area contributed by atoms with Crippen LogP contribution in [-0.2, 0) is 14.9 Å². The highest BCUT2D eigenvalue weighted by Gasteiger charge is 2.55. The number of nitrogens with zero attached hydrogens (tertiary/aromatic N) is 4. The van der Waals surface area contributed by atoms with E-state index in [0.717, 1.165) is 54.9 Å². The molecule has 2 heterocycles. The van der Waals surface area contributed by atoms with Crippen LogP contribution in [0.3, 0.4) is 0 Å². The van der Waals surface area contributed by atoms with Gasteiger partial charge in [-0.3, -0.25) is 0 Å². The van der Waals surface area contributed by atoms with Crippen LogP contribution in [0.15, 0.2) is 48.5 Å². The fraction of sp³-hybridized carbons (Fsp3) is 0.567. The third-order valence-corrected chi connectivity index (χ3v) is 11.7. The van der Waals surface area contributed by atoms with Crippen LogP contribution in [0.5, 0.6) is 0 Å². The summed E-state index contributed by atoms with van der Waals surface area (Å²) in [5.41, 5.74) is -2.57. The Labute approximate surface area is 254 Å². The number of hydroxylamine groups is 1. The predicted molar refractivity (Wildman–Crippen MR) is 158 cm³/mol. The first-order valence-corrected chi connectivity index (χ1v) is 16.6. The number of anilines is 4. The van der Waals surface area contributed by atoms with Crippen LogP contribution in [0.2, 0.25) is 0 Å². The second kappa shape index (κ2) is 10.7. The van der Waals surface area contributed by atoms with Gasteiger partial charge in [-0.25, -0.2) is 18.3 Å². The topological polar surface area (TPSA) is 106 Å². The van der Waals surface area contributed by atoms with Gasteiger partial charge in [0.1, 0.15) is 0 Å². The van der Waals surface area contributed by atoms with Gasteiger partial charge in [0.2, 0.25) is 0 Å². The summed E-state index contributed by atoms with van der Waals surface area (Å²) in [5.74, 6) is 1.11. The van der Waals surface area contributed by atoms with Gasteiger partial charge >= 0.3 is 21.6 Å². The fourth-order valence-electron chi connectivity index (χ4n) is 8.35. The van der Waals surface area contributed by atoms with Crippen molar-refractivity contribution < 1.29 is 36.3 Å². The van der Waals surface area contributed by atoms with Gasteiger partial charge in [0, 0.05) is 50.1 Å². The Bertz CT molecular complexity index is 1500. The lowest BCUT2D eigenvalue weighted by molar-refractivity contribution is -0.137. The van der Waals surface area contributed by atoms with E-state index < -0.39 is 27.2 Å². The number of hydrogen-bond donors (Lipinski definition) is 2. The standard InChI is InChI=1S/C30H36F3N5O5S/c31-30(32,33)44(41,42)36-11-9-35(10-12-36)23-5-7-24(8-6-23)37-13-14-38(26-4-2-1-3-25(26)37)43-28(39)34-27-21-15-20-16-22(27)19-29(40,17-20)18-21/h1-8,20-22,27,40H,9-19H2,(H,34,39)/t20?,21-,22+,27?,29?. The number of para-hydroxylation sites is 2. The Balaban J connectivity index is 0.992. The molecule has 0 spiro atoms. The van der Waals surface area contributed by atoms with Crippen molar-refractivity contribution in [2.75, 3.05) is 54.1 Å². The van der Waals surface area contributed by atoms with Gasteiger partial charge in [-0.2, -0.15) is 17.5 Å². The molecule has 5 fully saturated rings. The van der Waals surface area contributed by atoms with E-state index in [9.17, 15) is 31.5 Å². The van der Waals surface area contributed by atoms with Crippen LogP contribution in [0.1, 0.15) is 32.1 Å². The minimum atomic E-state index is -5.33. The van der Waals surface area contributed by atoms with Crippen molar-refractivity contribution in [3.8, 4) is 0 Å². The Hall–Kier alpha value is -3.23. The average molecular weight is 636 g/mol. The molecule has 5 atom stereocenters. The average Bonchev–Trinajstić information content (AvgIpc) is 2.98. The summed E-state index contributed by atoms with van der Waals surface area (Å²) in [6.45, 7) is 0.801. The third kappa shape index (κ3) is 5.24. The molecule has 44 heavy (non-hydrogen) atoms. The third-order valence-electron chi connectivity index (χ3n) is 10.1. The van der Waals surface area contributed by atoms with E-state index in [2.05, 4.69) is 10.2 Å². The Morgan fingerprint density at radius 1 is 0.864 bits per heavy atom. The molecule has 8 rings (SSSR count). The summed E-state index contributed by atoms with van der Waals surface area (Å²) in [6, 6.07) is 15.3. The monoisotopic (exact) mass is 635 g/mol. The van der Waals surface area contributed by atoms with E-state index in [4.69, 9.17) is 4.84 Å². The lowest BCUT2D eigenvalue weighted by Gasteiger charge is -2.57. The smallest absolute Gasteiger partial charge is 0.390 e. The van der Waals surface area contributed by atoms with Crippen molar-refractivity contribution >= 4 is 38.9 Å². The molecule has 2 aromatic carbocycles. The summed E-state index contributed by atoms with van der Waals surface area (Å²) in [6.07, 6.45) is 3.96. The highest BCUT2D eigenvalue weighted by Crippen LogP contribution is 2.55. The molecule has 10 nitrogen and oxygen atoms in total. The molecule has 2 aliphatic heterocycles. The highest BCUT2D eigenvalue weighted by atomic mass is 32.2. The Kier molecular flexibility index (Phi) is 7.16. The molecule has 2 aromatic rings. The number of aliphatic hydroxyl groups is 1. The maximum Gasteiger partial charge on any atom is 0.511 e. The molecule has 1 amide bonds. The SMILES string of the molecule is O=C(NC1[C@@H]2CC3C[C@H]1CC(O)(C3)C2)ON1CCN(c2ccc(N3CCN(S(=O)(=O)C(F)(F)F)CC3)cc2)c2ccccc21. The molecular formula is C30H36F3N5O5S. The maximum atomic E-state index is 13.1. The molecular weight excluding hydrogens is 599 g/mol. The number of amides is 1. The van der Waals surface area contributed by atoms with Crippen LogP contribution < -0.4 is 20.2 Å². The molecule has 14 heteroatoms. The lowest BCUT2D eigenvalue weighted by atomic mass is 9.52. The van der Waals surface area contributed by atoms with Gasteiger partial charge in [0.25, 0.3) is 0 Å². The van der Waals surface area contributed by atoms with Crippen LogP contribution >= 0.6 is 0 Å². The summed E-state index contributed by atoms with van der Waals surface area (Å²) >= 11 is 0. The van der Waals surface area contributed by atoms with Gasteiger partial charge in [-0.1, -0.05) is 12.1 Å². The molecule has 3 unspecified atom stereocenters. The number of nitrogens with one attached hydrogen (secondary N) is 1. The number of sulfonamides is 1. The number of rotatable bonds is 5. The van der Waals surface area contributed by atoms with Crippen LogP contribution in [0.4, 0.5) is 40.7 Å². The summed E-state index contributed by atoms with van der Waals surface area (Å²) < 4.78 is 62.8. The number of piperazine rings is 1. The van der Waals surface area contributed by atoms with Gasteiger partial charge in [0.15, 0.2) is 0 Å². The first kappa shape index (κ1) is 29.5. The molecule has 1 saturated heterocycles. The number of carbonyl (C=O) groups excluding carboxylic acids is 1. The number of fused-ring (bicyclic) bond motifs is 1. The van der Waals surface area contributed by atoms with E-state index in [0.29, 0.717) is 23.3 Å². The second-order valence-electron chi connectivity index (χ2n) is 12.8. The van der Waals surface area contributed by atoms with Crippen molar-refractivity contribution in [2.45, 2.75) is 49.3 Å². The molecule has 6 aliphatic rings. The number of hydrogen-bond acceptors (Lipinski definition) is 8. The van der Waals surface area contributed by atoms with Crippen molar-refractivity contribution in [3.05, 3.63) is 48.5 Å². The zero-order chi connectivity index (χ0) is 30.9. The predicted octanol–water partition coefficient (Wildman–Crippen LogP) is 4.20. The van der Waals surface area contributed by atoms with Crippen molar-refractivity contribution in [2.24, 2.45) is 17.8 Å².